The molecular weight excluding hydrogens is 768 g/mol. The number of carbonyl (C=O) groups excluding carboxylic acids is 1. The Kier molecular flexibility index (Phi) is 8.64. The summed E-state index contributed by atoms with van der Waals surface area (Å²) in [6.07, 6.45) is -1.42. The first-order valence-electron chi connectivity index (χ1n) is 18.4. The Morgan fingerprint density at radius 2 is 1.93 bits per heavy atom. The van der Waals surface area contributed by atoms with Crippen molar-refractivity contribution >= 4 is 60.7 Å². The van der Waals surface area contributed by atoms with Crippen LogP contribution in [0.3, 0.4) is 0 Å². The number of fused-ring (bicyclic) bond motifs is 3. The van der Waals surface area contributed by atoms with Gasteiger partial charge in [0.05, 0.1) is 32.7 Å². The number of alkyl halides is 4. The summed E-state index contributed by atoms with van der Waals surface area (Å²) < 4.78 is 93.0. The Bertz CT molecular complexity index is 2290. The topological polar surface area (TPSA) is 112 Å². The van der Waals surface area contributed by atoms with E-state index in [4.69, 9.17) is 27.1 Å². The van der Waals surface area contributed by atoms with Gasteiger partial charge in [0, 0.05) is 60.9 Å². The van der Waals surface area contributed by atoms with Crippen LogP contribution in [0.25, 0.3) is 32.1 Å². The van der Waals surface area contributed by atoms with Crippen molar-refractivity contribution in [2.45, 2.75) is 62.8 Å². The van der Waals surface area contributed by atoms with Gasteiger partial charge < -0.3 is 20.3 Å². The summed E-state index contributed by atoms with van der Waals surface area (Å²) in [5.41, 5.74) is 5.02. The number of ether oxygens (including phenoxy) is 1. The number of nitriles is 1. The molecule has 9 rings (SSSR count). The number of aromatic nitrogens is 2. The number of hydrogen-bond acceptors (Lipinski definition) is 9. The molecule has 1 spiro atoms. The molecule has 1 amide bonds. The average Bonchev–Trinajstić information content (AvgIpc) is 3.72. The van der Waals surface area contributed by atoms with E-state index in [0.29, 0.717) is 45.0 Å². The smallest absolute Gasteiger partial charge is 0.392 e. The third kappa shape index (κ3) is 6.03. The second-order valence-corrected chi connectivity index (χ2v) is 17.4. The van der Waals surface area contributed by atoms with Gasteiger partial charge in [-0.15, -0.1) is 11.3 Å². The summed E-state index contributed by atoms with van der Waals surface area (Å²) in [5, 5.41) is 10.4. The molecule has 6 heterocycles. The Morgan fingerprint density at radius 1 is 1.13 bits per heavy atom. The van der Waals surface area contributed by atoms with Crippen LogP contribution in [0.2, 0.25) is 5.02 Å². The number of rotatable bonds is 6. The average molecular weight is 804 g/mol. The van der Waals surface area contributed by atoms with Gasteiger partial charge in [-0.3, -0.25) is 9.69 Å². The molecule has 5 aliphatic rings. The van der Waals surface area contributed by atoms with Crippen molar-refractivity contribution in [1.29, 1.82) is 5.26 Å². The van der Waals surface area contributed by atoms with Crippen molar-refractivity contribution in [2.24, 2.45) is 17.3 Å². The zero-order valence-corrected chi connectivity index (χ0v) is 31.1. The lowest BCUT2D eigenvalue weighted by molar-refractivity contribution is -0.162. The number of halogens is 7. The van der Waals surface area contributed by atoms with Gasteiger partial charge in [-0.05, 0) is 56.3 Å². The highest BCUT2D eigenvalue weighted by molar-refractivity contribution is 7.23. The van der Waals surface area contributed by atoms with Crippen LogP contribution in [0.1, 0.15) is 50.5 Å². The van der Waals surface area contributed by atoms with Crippen molar-refractivity contribution in [2.75, 3.05) is 56.5 Å². The van der Waals surface area contributed by atoms with Crippen LogP contribution in [0, 0.1) is 40.2 Å². The maximum absolute atomic E-state index is 17.2. The van der Waals surface area contributed by atoms with Crippen LogP contribution in [0.5, 0.6) is 6.01 Å². The molecule has 1 saturated carbocycles. The van der Waals surface area contributed by atoms with Gasteiger partial charge in [0.1, 0.15) is 41.0 Å². The standard InChI is InChI=1S/C38H36ClF6N7O2S/c39-25-11-22-30(29(42)28(25)20-4-5-26(41)31-27(20)23(13-46)32(47)55-31)48-35(54-18-37-7-3-9-52(37)14-19(40)12-37)49-33(22)50-8-2-1-6-36(15-50)16-51(17-36)34(53)21-10-24(21)38(43,44)45/h4-5,11,19,21,24H,1-3,6-10,12,14-18,47H2/t19-,21?,24?,37+/m1/s1. The second kappa shape index (κ2) is 13.0. The van der Waals surface area contributed by atoms with Gasteiger partial charge in [-0.2, -0.15) is 28.4 Å². The number of hydrogen-bond donors (Lipinski definition) is 1. The van der Waals surface area contributed by atoms with E-state index >= 15 is 4.39 Å². The molecule has 2 aromatic carbocycles. The number of nitrogens with zero attached hydrogens (tertiary/aromatic N) is 6. The van der Waals surface area contributed by atoms with Gasteiger partial charge in [0.2, 0.25) is 5.91 Å². The number of likely N-dealkylation sites (tertiary alicyclic amines) is 1. The molecular formula is C38H36ClF6N7O2S. The number of benzene rings is 2. The molecule has 4 aliphatic heterocycles. The lowest BCUT2D eigenvalue weighted by Gasteiger charge is -2.51. The van der Waals surface area contributed by atoms with E-state index in [1.54, 1.807) is 0 Å². The number of anilines is 2. The molecule has 17 heteroatoms. The van der Waals surface area contributed by atoms with Gasteiger partial charge in [0.25, 0.3) is 0 Å². The Balaban J connectivity index is 1.11. The van der Waals surface area contributed by atoms with Gasteiger partial charge in [-0.1, -0.05) is 24.1 Å². The normalized spacial score (nSPS) is 26.3. The minimum atomic E-state index is -4.40. The molecule has 2 N–H and O–H groups in total. The molecule has 4 saturated heterocycles. The summed E-state index contributed by atoms with van der Waals surface area (Å²) in [5.74, 6) is -4.25. The van der Waals surface area contributed by atoms with E-state index in [1.165, 1.54) is 17.0 Å². The van der Waals surface area contributed by atoms with Crippen LogP contribution in [0.4, 0.5) is 37.2 Å². The quantitative estimate of drug-likeness (QED) is 0.196. The highest BCUT2D eigenvalue weighted by atomic mass is 35.5. The third-order valence-corrected chi connectivity index (χ3v) is 13.7. The van der Waals surface area contributed by atoms with E-state index in [1.807, 2.05) is 11.0 Å². The van der Waals surface area contributed by atoms with Gasteiger partial charge >= 0.3 is 12.2 Å². The lowest BCUT2D eigenvalue weighted by atomic mass is 9.75. The Hall–Kier alpha value is -4.07. The van der Waals surface area contributed by atoms with Gasteiger partial charge in [-0.25, -0.2) is 13.2 Å². The number of nitrogen functional groups attached to an aromatic ring is 1. The third-order valence-electron chi connectivity index (χ3n) is 12.4. The maximum Gasteiger partial charge on any atom is 0.392 e. The zero-order valence-electron chi connectivity index (χ0n) is 29.5. The molecule has 0 bridgehead atoms. The van der Waals surface area contributed by atoms with E-state index in [0.717, 1.165) is 56.1 Å². The molecule has 2 unspecified atom stereocenters. The van der Waals surface area contributed by atoms with E-state index in [-0.39, 0.29) is 66.7 Å². The van der Waals surface area contributed by atoms with Crippen molar-refractivity contribution < 1.29 is 35.9 Å². The number of amides is 1. The Morgan fingerprint density at radius 3 is 2.67 bits per heavy atom. The molecule has 9 nitrogen and oxygen atoms in total. The fraction of sp³-hybridized carbons (Fsp3) is 0.526. The molecule has 55 heavy (non-hydrogen) atoms. The minimum absolute atomic E-state index is 0.000863. The SMILES string of the molecule is N#Cc1c(N)sc2c(F)ccc(-c3c(Cl)cc4c(N5CCCCC6(CN(C(=O)C7CC7C(F)(F)F)C6)C5)nc(OC[C@@]56CCCN5C[C@H](F)C6)nc4c3F)c12. The summed E-state index contributed by atoms with van der Waals surface area (Å²) in [6.45, 7) is 2.60. The fourth-order valence-electron chi connectivity index (χ4n) is 9.66. The lowest BCUT2D eigenvalue weighted by Crippen LogP contribution is -2.62. The monoisotopic (exact) mass is 803 g/mol. The molecule has 5 fully saturated rings. The zero-order chi connectivity index (χ0) is 38.6. The number of thiophene rings is 1. The first-order chi connectivity index (χ1) is 26.2. The van der Waals surface area contributed by atoms with Gasteiger partial charge in [0.15, 0.2) is 5.82 Å². The highest BCUT2D eigenvalue weighted by Crippen LogP contribution is 2.53. The number of carbonyl (C=O) groups is 1. The minimum Gasteiger partial charge on any atom is -0.461 e. The van der Waals surface area contributed by atoms with Crippen LogP contribution in [-0.4, -0.2) is 89.4 Å². The highest BCUT2D eigenvalue weighted by Gasteiger charge is 2.61. The molecule has 4 aromatic rings. The number of nitrogens with two attached hydrogens (primary N) is 1. The maximum atomic E-state index is 17.2. The molecule has 2 aromatic heterocycles. The van der Waals surface area contributed by atoms with Crippen LogP contribution >= 0.6 is 22.9 Å². The van der Waals surface area contributed by atoms with E-state index < -0.39 is 52.7 Å². The summed E-state index contributed by atoms with van der Waals surface area (Å²) >= 11 is 7.78. The summed E-state index contributed by atoms with van der Waals surface area (Å²) in [6, 6.07) is 5.92. The molecule has 1 aliphatic carbocycles. The summed E-state index contributed by atoms with van der Waals surface area (Å²) in [4.78, 5) is 28.0. The largest absolute Gasteiger partial charge is 0.461 e. The molecule has 290 valence electrons. The van der Waals surface area contributed by atoms with Crippen LogP contribution < -0.4 is 15.4 Å². The Labute approximate surface area is 321 Å². The summed E-state index contributed by atoms with van der Waals surface area (Å²) in [7, 11) is 0. The molecule has 4 atom stereocenters. The predicted molar refractivity (Wildman–Crippen MR) is 196 cm³/mol. The van der Waals surface area contributed by atoms with E-state index in [9.17, 15) is 32.0 Å². The van der Waals surface area contributed by atoms with E-state index in [2.05, 4.69) is 9.88 Å². The predicted octanol–water partition coefficient (Wildman–Crippen LogP) is 7.87. The first kappa shape index (κ1) is 36.6. The van der Waals surface area contributed by atoms with Crippen LogP contribution in [0.15, 0.2) is 18.2 Å². The first-order valence-corrected chi connectivity index (χ1v) is 19.6. The van der Waals surface area contributed by atoms with Crippen molar-refractivity contribution in [3.05, 3.63) is 40.4 Å². The van der Waals surface area contributed by atoms with Crippen LogP contribution in [-0.2, 0) is 4.79 Å². The second-order valence-electron chi connectivity index (χ2n) is 16.0. The van der Waals surface area contributed by atoms with Crippen molar-refractivity contribution in [3.8, 4) is 23.2 Å². The van der Waals surface area contributed by atoms with Crippen molar-refractivity contribution in [1.82, 2.24) is 19.8 Å². The molecule has 0 radical (unpaired) electrons. The van der Waals surface area contributed by atoms with Crippen molar-refractivity contribution in [3.63, 3.8) is 0 Å². The fourth-order valence-corrected chi connectivity index (χ4v) is 10.9.